The van der Waals surface area contributed by atoms with Crippen molar-refractivity contribution >= 4 is 11.7 Å². The highest BCUT2D eigenvalue weighted by Crippen LogP contribution is 2.11. The molecular formula is C10H11NO4. The van der Waals surface area contributed by atoms with E-state index in [4.69, 9.17) is 4.74 Å². The Morgan fingerprint density at radius 2 is 1.73 bits per heavy atom. The van der Waals surface area contributed by atoms with Gasteiger partial charge in [0, 0.05) is 5.56 Å². The molecule has 0 bridgehead atoms. The number of methoxy groups -OCH3 is 1. The third kappa shape index (κ3) is 2.78. The molecule has 1 aromatic carbocycles. The number of ether oxygens (including phenoxy) is 1. The Hall–Kier alpha value is -1.88. The first kappa shape index (κ1) is 11.2. The molecule has 0 aromatic heterocycles. The van der Waals surface area contributed by atoms with Crippen molar-refractivity contribution in [1.29, 1.82) is 0 Å². The van der Waals surface area contributed by atoms with Crippen LogP contribution in [-0.4, -0.2) is 25.9 Å². The van der Waals surface area contributed by atoms with E-state index < -0.39 is 11.7 Å². The number of carbonyl (C=O) groups excluding carboxylic acids is 2. The number of ketones is 1. The molecule has 0 spiro atoms. The Labute approximate surface area is 86.9 Å². The number of hydrogen-bond acceptors (Lipinski definition) is 4. The molecule has 0 unspecified atom stereocenters. The lowest BCUT2D eigenvalue weighted by Crippen LogP contribution is -2.29. The van der Waals surface area contributed by atoms with Gasteiger partial charge in [-0.25, -0.2) is 5.48 Å². The Morgan fingerprint density at radius 3 is 2.20 bits per heavy atom. The summed E-state index contributed by atoms with van der Waals surface area (Å²) in [5, 5.41) is 0. The molecule has 1 N–H and O–H groups in total. The summed E-state index contributed by atoms with van der Waals surface area (Å²) in [6.45, 7) is 0. The van der Waals surface area contributed by atoms with E-state index >= 15 is 0 Å². The van der Waals surface area contributed by atoms with E-state index in [0.29, 0.717) is 5.75 Å². The molecule has 0 heterocycles. The minimum Gasteiger partial charge on any atom is -0.497 e. The van der Waals surface area contributed by atoms with Gasteiger partial charge in [0.25, 0.3) is 5.78 Å². The monoisotopic (exact) mass is 209 g/mol. The topological polar surface area (TPSA) is 64.6 Å². The predicted octanol–water partition coefficient (Wildman–Crippen LogP) is 0.555. The number of hydrogen-bond donors (Lipinski definition) is 1. The number of amides is 1. The van der Waals surface area contributed by atoms with Crippen LogP contribution >= 0.6 is 0 Å². The lowest BCUT2D eigenvalue weighted by molar-refractivity contribution is -0.126. The summed E-state index contributed by atoms with van der Waals surface area (Å²) in [6, 6.07) is 6.23. The standard InChI is InChI=1S/C10H11NO4/c1-14-8-5-3-7(4-6-8)9(12)10(13)11-15-2/h3-6H,1-2H3,(H,11,13). The fourth-order valence-electron chi connectivity index (χ4n) is 1.01. The largest absolute Gasteiger partial charge is 0.497 e. The van der Waals surface area contributed by atoms with E-state index in [1.807, 2.05) is 5.48 Å². The van der Waals surface area contributed by atoms with Gasteiger partial charge in [-0.2, -0.15) is 0 Å². The number of Topliss-reactive ketones (excluding diaryl/α,β-unsaturated/α-hetero) is 1. The smallest absolute Gasteiger partial charge is 0.315 e. The van der Waals surface area contributed by atoms with Crippen molar-refractivity contribution in [1.82, 2.24) is 5.48 Å². The average Bonchev–Trinajstić information content (AvgIpc) is 2.28. The minimum atomic E-state index is -0.803. The second kappa shape index (κ2) is 5.11. The average molecular weight is 209 g/mol. The van der Waals surface area contributed by atoms with Crippen LogP contribution in [0.2, 0.25) is 0 Å². The molecule has 0 radical (unpaired) electrons. The molecule has 0 saturated heterocycles. The first-order valence-electron chi connectivity index (χ1n) is 4.20. The maximum absolute atomic E-state index is 11.4. The van der Waals surface area contributed by atoms with Gasteiger partial charge in [0.2, 0.25) is 0 Å². The van der Waals surface area contributed by atoms with Crippen molar-refractivity contribution in [3.05, 3.63) is 29.8 Å². The molecule has 0 saturated carbocycles. The molecule has 1 rings (SSSR count). The van der Waals surface area contributed by atoms with Gasteiger partial charge in [-0.05, 0) is 24.3 Å². The highest BCUT2D eigenvalue weighted by atomic mass is 16.6. The van der Waals surface area contributed by atoms with Crippen molar-refractivity contribution in [3.8, 4) is 5.75 Å². The van der Waals surface area contributed by atoms with Crippen molar-refractivity contribution < 1.29 is 19.2 Å². The van der Waals surface area contributed by atoms with Crippen molar-refractivity contribution in [2.45, 2.75) is 0 Å². The number of benzene rings is 1. The number of nitrogens with one attached hydrogen (secondary N) is 1. The molecule has 1 aromatic rings. The van der Waals surface area contributed by atoms with Crippen molar-refractivity contribution in [2.24, 2.45) is 0 Å². The molecule has 0 aliphatic heterocycles. The van der Waals surface area contributed by atoms with Gasteiger partial charge in [-0.15, -0.1) is 0 Å². The molecule has 5 heteroatoms. The third-order valence-corrected chi connectivity index (χ3v) is 1.75. The van der Waals surface area contributed by atoms with E-state index in [0.717, 1.165) is 0 Å². The molecule has 1 amide bonds. The van der Waals surface area contributed by atoms with E-state index in [-0.39, 0.29) is 5.56 Å². The highest BCUT2D eigenvalue weighted by molar-refractivity contribution is 6.42. The van der Waals surface area contributed by atoms with Crippen LogP contribution in [0.1, 0.15) is 10.4 Å². The summed E-state index contributed by atoms with van der Waals surface area (Å²) in [5.74, 6) is -0.833. The van der Waals surface area contributed by atoms with Crippen LogP contribution in [0.5, 0.6) is 5.75 Å². The van der Waals surface area contributed by atoms with Gasteiger partial charge < -0.3 is 4.74 Å². The summed E-state index contributed by atoms with van der Waals surface area (Å²) in [6.07, 6.45) is 0. The van der Waals surface area contributed by atoms with Crippen LogP contribution in [0.4, 0.5) is 0 Å². The van der Waals surface area contributed by atoms with Crippen molar-refractivity contribution in [3.63, 3.8) is 0 Å². The van der Waals surface area contributed by atoms with E-state index in [2.05, 4.69) is 4.84 Å². The van der Waals surface area contributed by atoms with Gasteiger partial charge in [0.1, 0.15) is 5.75 Å². The number of carbonyl (C=O) groups is 2. The van der Waals surface area contributed by atoms with Crippen LogP contribution < -0.4 is 10.2 Å². The summed E-state index contributed by atoms with van der Waals surface area (Å²) >= 11 is 0. The maximum Gasteiger partial charge on any atom is 0.315 e. The lowest BCUT2D eigenvalue weighted by atomic mass is 10.1. The summed E-state index contributed by atoms with van der Waals surface area (Å²) in [7, 11) is 2.79. The van der Waals surface area contributed by atoms with Crippen LogP contribution in [-0.2, 0) is 9.63 Å². The second-order valence-corrected chi connectivity index (χ2v) is 2.69. The lowest BCUT2D eigenvalue weighted by Gasteiger charge is -2.02. The molecular weight excluding hydrogens is 198 g/mol. The summed E-state index contributed by atoms with van der Waals surface area (Å²) in [4.78, 5) is 26.8. The second-order valence-electron chi connectivity index (χ2n) is 2.69. The van der Waals surface area contributed by atoms with Crippen LogP contribution in [0.15, 0.2) is 24.3 Å². The number of hydroxylamine groups is 1. The van der Waals surface area contributed by atoms with Crippen LogP contribution in [0.25, 0.3) is 0 Å². The Morgan fingerprint density at radius 1 is 1.13 bits per heavy atom. The van der Waals surface area contributed by atoms with Gasteiger partial charge >= 0.3 is 5.91 Å². The van der Waals surface area contributed by atoms with E-state index in [9.17, 15) is 9.59 Å². The summed E-state index contributed by atoms with van der Waals surface area (Å²) in [5.41, 5.74) is 2.24. The van der Waals surface area contributed by atoms with E-state index in [1.165, 1.54) is 26.4 Å². The predicted molar refractivity (Wildman–Crippen MR) is 52.5 cm³/mol. The van der Waals surface area contributed by atoms with Crippen molar-refractivity contribution in [2.75, 3.05) is 14.2 Å². The zero-order valence-corrected chi connectivity index (χ0v) is 8.44. The quantitative estimate of drug-likeness (QED) is 0.447. The van der Waals surface area contributed by atoms with E-state index in [1.54, 1.807) is 12.1 Å². The first-order chi connectivity index (χ1) is 7.19. The SMILES string of the molecule is CONC(=O)C(=O)c1ccc(OC)cc1. The molecule has 0 aliphatic carbocycles. The fraction of sp³-hybridized carbons (Fsp3) is 0.200. The normalized spacial score (nSPS) is 9.47. The van der Waals surface area contributed by atoms with Gasteiger partial charge in [-0.1, -0.05) is 0 Å². The highest BCUT2D eigenvalue weighted by Gasteiger charge is 2.15. The third-order valence-electron chi connectivity index (χ3n) is 1.75. The Balaban J connectivity index is 2.78. The van der Waals surface area contributed by atoms with Gasteiger partial charge in [-0.3, -0.25) is 14.4 Å². The fourth-order valence-corrected chi connectivity index (χ4v) is 1.01. The first-order valence-corrected chi connectivity index (χ1v) is 4.20. The number of rotatable bonds is 4. The molecule has 0 atom stereocenters. The molecule has 0 aliphatic rings. The Kier molecular flexibility index (Phi) is 3.82. The minimum absolute atomic E-state index is 0.283. The molecule has 80 valence electrons. The zero-order valence-electron chi connectivity index (χ0n) is 8.44. The molecule has 0 fully saturated rings. The zero-order chi connectivity index (χ0) is 11.3. The molecule has 15 heavy (non-hydrogen) atoms. The summed E-state index contributed by atoms with van der Waals surface area (Å²) < 4.78 is 4.92. The van der Waals surface area contributed by atoms with Crippen LogP contribution in [0, 0.1) is 0 Å². The van der Waals surface area contributed by atoms with Crippen LogP contribution in [0.3, 0.4) is 0 Å². The van der Waals surface area contributed by atoms with Gasteiger partial charge in [0.15, 0.2) is 0 Å². The van der Waals surface area contributed by atoms with Gasteiger partial charge in [0.05, 0.1) is 14.2 Å². The molecule has 5 nitrogen and oxygen atoms in total. The maximum atomic E-state index is 11.4. The Bertz CT molecular complexity index is 358.